The van der Waals surface area contributed by atoms with Crippen LogP contribution in [0, 0.1) is 5.92 Å². The molecule has 1 aromatic carbocycles. The van der Waals surface area contributed by atoms with E-state index in [4.69, 9.17) is 4.42 Å². The molecule has 1 saturated carbocycles. The van der Waals surface area contributed by atoms with E-state index in [0.717, 1.165) is 49.7 Å². The van der Waals surface area contributed by atoms with Gasteiger partial charge in [-0.25, -0.2) is 9.78 Å². The van der Waals surface area contributed by atoms with Crippen LogP contribution in [0.5, 0.6) is 5.75 Å². The van der Waals surface area contributed by atoms with Gasteiger partial charge in [0, 0.05) is 38.2 Å². The van der Waals surface area contributed by atoms with Gasteiger partial charge < -0.3 is 14.1 Å². The molecule has 0 aliphatic heterocycles. The number of benzene rings is 1. The Balaban J connectivity index is 1.56. The maximum Gasteiger partial charge on any atom is 0.343 e. The number of hydrogen-bond acceptors (Lipinski definition) is 6. The van der Waals surface area contributed by atoms with Crippen molar-refractivity contribution in [2.75, 3.05) is 11.4 Å². The standard InChI is InChI=1S/C26H31N3O5S/c1-28-15-22(27-16-28)35(32,33)29(2)19-9-7-8-18(14-19)23(17-12-13-17)24-25(30)20-10-5-3-4-6-11-21(20)34-26(24)31/h7-9,14-17,23,30H,3-6,10-13H2,1-2H3. The Morgan fingerprint density at radius 2 is 1.91 bits per heavy atom. The molecule has 1 fully saturated rings. The number of rotatable bonds is 6. The fraction of sp³-hybridized carbons (Fsp3) is 0.462. The van der Waals surface area contributed by atoms with Gasteiger partial charge in [-0.1, -0.05) is 25.0 Å². The summed E-state index contributed by atoms with van der Waals surface area (Å²) in [6.07, 6.45) is 10.2. The fourth-order valence-electron chi connectivity index (χ4n) is 5.11. The van der Waals surface area contributed by atoms with Gasteiger partial charge in [0.05, 0.1) is 17.6 Å². The van der Waals surface area contributed by atoms with Gasteiger partial charge in [-0.05, 0) is 55.7 Å². The molecule has 8 nitrogen and oxygen atoms in total. The van der Waals surface area contributed by atoms with Crippen molar-refractivity contribution in [2.45, 2.75) is 62.3 Å². The Morgan fingerprint density at radius 3 is 2.60 bits per heavy atom. The van der Waals surface area contributed by atoms with Crippen molar-refractivity contribution in [3.05, 3.63) is 69.7 Å². The van der Waals surface area contributed by atoms with E-state index in [-0.39, 0.29) is 22.6 Å². The van der Waals surface area contributed by atoms with E-state index < -0.39 is 15.6 Å². The number of aromatic nitrogens is 2. The Labute approximate surface area is 205 Å². The zero-order valence-electron chi connectivity index (χ0n) is 20.1. The molecular formula is C26H31N3O5S. The lowest BCUT2D eigenvalue weighted by Crippen LogP contribution is -2.27. The van der Waals surface area contributed by atoms with Crippen LogP contribution in [-0.2, 0) is 29.9 Å². The molecule has 1 unspecified atom stereocenters. The molecule has 5 rings (SSSR count). The van der Waals surface area contributed by atoms with Crippen LogP contribution < -0.4 is 9.93 Å². The minimum Gasteiger partial charge on any atom is -0.507 e. The summed E-state index contributed by atoms with van der Waals surface area (Å²) in [4.78, 5) is 17.2. The molecule has 0 radical (unpaired) electrons. The first-order valence-corrected chi connectivity index (χ1v) is 13.7. The predicted octanol–water partition coefficient (Wildman–Crippen LogP) is 4.10. The molecule has 2 heterocycles. The first-order valence-electron chi connectivity index (χ1n) is 12.2. The molecule has 0 spiro atoms. The second-order valence-corrected chi connectivity index (χ2v) is 11.6. The third-order valence-electron chi connectivity index (χ3n) is 7.20. The Kier molecular flexibility index (Phi) is 6.21. The van der Waals surface area contributed by atoms with E-state index >= 15 is 0 Å². The van der Waals surface area contributed by atoms with Crippen molar-refractivity contribution in [1.82, 2.24) is 9.55 Å². The van der Waals surface area contributed by atoms with Crippen LogP contribution in [0.2, 0.25) is 0 Å². The van der Waals surface area contributed by atoms with E-state index in [1.54, 1.807) is 29.8 Å². The summed E-state index contributed by atoms with van der Waals surface area (Å²) in [6, 6.07) is 7.19. The Bertz CT molecular complexity index is 1400. The second kappa shape index (κ2) is 9.18. The number of aryl methyl sites for hydroxylation is 2. The average Bonchev–Trinajstić information content (AvgIpc) is 3.55. The molecule has 2 aliphatic carbocycles. The molecule has 1 N–H and O–H groups in total. The molecule has 9 heteroatoms. The lowest BCUT2D eigenvalue weighted by atomic mass is 9.85. The second-order valence-electron chi connectivity index (χ2n) is 9.73. The highest BCUT2D eigenvalue weighted by Crippen LogP contribution is 2.49. The van der Waals surface area contributed by atoms with Gasteiger partial charge >= 0.3 is 5.63 Å². The number of hydrogen-bond donors (Lipinski definition) is 1. The van der Waals surface area contributed by atoms with E-state index in [2.05, 4.69) is 4.98 Å². The number of imidazole rings is 1. The smallest absolute Gasteiger partial charge is 0.343 e. The van der Waals surface area contributed by atoms with E-state index in [0.29, 0.717) is 29.9 Å². The highest BCUT2D eigenvalue weighted by atomic mass is 32.2. The fourth-order valence-corrected chi connectivity index (χ4v) is 6.27. The van der Waals surface area contributed by atoms with Crippen molar-refractivity contribution in [1.29, 1.82) is 0 Å². The molecule has 0 saturated heterocycles. The third kappa shape index (κ3) is 4.49. The molecule has 35 heavy (non-hydrogen) atoms. The number of nitrogens with zero attached hydrogens (tertiary/aromatic N) is 3. The van der Waals surface area contributed by atoms with Crippen molar-refractivity contribution in [3.63, 3.8) is 0 Å². The summed E-state index contributed by atoms with van der Waals surface area (Å²) in [6.45, 7) is 0. The van der Waals surface area contributed by atoms with Gasteiger partial charge in [0.2, 0.25) is 0 Å². The van der Waals surface area contributed by atoms with Crippen LogP contribution in [0.25, 0.3) is 0 Å². The average molecular weight is 498 g/mol. The Morgan fingerprint density at radius 1 is 1.17 bits per heavy atom. The number of anilines is 1. The summed E-state index contributed by atoms with van der Waals surface area (Å²) >= 11 is 0. The van der Waals surface area contributed by atoms with Crippen molar-refractivity contribution >= 4 is 15.7 Å². The predicted molar refractivity (Wildman–Crippen MR) is 132 cm³/mol. The maximum absolute atomic E-state index is 13.2. The van der Waals surface area contributed by atoms with E-state index in [1.165, 1.54) is 23.9 Å². The highest BCUT2D eigenvalue weighted by Gasteiger charge is 2.39. The Hall–Kier alpha value is -3.07. The van der Waals surface area contributed by atoms with Crippen molar-refractivity contribution < 1.29 is 17.9 Å². The molecule has 1 atom stereocenters. The van der Waals surface area contributed by atoms with Gasteiger partial charge in [0.15, 0.2) is 5.03 Å². The number of fused-ring (bicyclic) bond motifs is 1. The van der Waals surface area contributed by atoms with Crippen LogP contribution in [-0.4, -0.2) is 30.1 Å². The zero-order chi connectivity index (χ0) is 24.7. The molecule has 0 amide bonds. The minimum absolute atomic E-state index is 0.0356. The summed E-state index contributed by atoms with van der Waals surface area (Å²) in [5.41, 5.74) is 1.84. The molecule has 2 aliphatic rings. The first-order chi connectivity index (χ1) is 16.8. The summed E-state index contributed by atoms with van der Waals surface area (Å²) in [7, 11) is -0.639. The minimum atomic E-state index is -3.85. The molecule has 186 valence electrons. The van der Waals surface area contributed by atoms with Gasteiger partial charge in [-0.15, -0.1) is 0 Å². The molecule has 3 aromatic rings. The molecule has 2 aromatic heterocycles. The SMILES string of the molecule is CN(c1cccc(C(c2c(O)c3c(oc2=O)CCCCCC3)C2CC2)c1)S(=O)(=O)c1cn(C)cn1. The van der Waals surface area contributed by atoms with Crippen LogP contribution in [0.4, 0.5) is 5.69 Å². The summed E-state index contributed by atoms with van der Waals surface area (Å²) < 4.78 is 34.8. The van der Waals surface area contributed by atoms with Gasteiger partial charge in [-0.3, -0.25) is 4.31 Å². The van der Waals surface area contributed by atoms with Gasteiger partial charge in [0.25, 0.3) is 10.0 Å². The van der Waals surface area contributed by atoms with Crippen LogP contribution in [0.15, 0.2) is 51.0 Å². The van der Waals surface area contributed by atoms with Gasteiger partial charge in [0.1, 0.15) is 11.5 Å². The topological polar surface area (TPSA) is 106 Å². The first kappa shape index (κ1) is 23.7. The van der Waals surface area contributed by atoms with Crippen LogP contribution >= 0.6 is 0 Å². The lowest BCUT2D eigenvalue weighted by Gasteiger charge is -2.23. The zero-order valence-corrected chi connectivity index (χ0v) is 20.9. The third-order valence-corrected chi connectivity index (χ3v) is 8.87. The van der Waals surface area contributed by atoms with Crippen LogP contribution in [0.3, 0.4) is 0 Å². The number of aromatic hydroxyl groups is 1. The van der Waals surface area contributed by atoms with E-state index in [9.17, 15) is 18.3 Å². The van der Waals surface area contributed by atoms with Crippen molar-refractivity contribution in [2.24, 2.45) is 13.0 Å². The van der Waals surface area contributed by atoms with E-state index in [1.807, 2.05) is 6.07 Å². The highest BCUT2D eigenvalue weighted by molar-refractivity contribution is 7.92. The summed E-state index contributed by atoms with van der Waals surface area (Å²) in [5.74, 6) is 0.520. The van der Waals surface area contributed by atoms with Crippen molar-refractivity contribution in [3.8, 4) is 5.75 Å². The maximum atomic E-state index is 13.2. The normalized spacial score (nSPS) is 17.3. The largest absolute Gasteiger partial charge is 0.507 e. The number of sulfonamides is 1. The van der Waals surface area contributed by atoms with Gasteiger partial charge in [-0.2, -0.15) is 8.42 Å². The summed E-state index contributed by atoms with van der Waals surface area (Å²) in [5, 5.41) is 11.3. The molecular weight excluding hydrogens is 466 g/mol. The quantitative estimate of drug-likeness (QED) is 0.550. The molecule has 0 bridgehead atoms. The lowest BCUT2D eigenvalue weighted by molar-refractivity contribution is 0.382. The monoisotopic (exact) mass is 497 g/mol. The van der Waals surface area contributed by atoms with Crippen LogP contribution in [0.1, 0.15) is 66.9 Å².